The molecule has 5 nitrogen and oxygen atoms in total. The van der Waals surface area contributed by atoms with Gasteiger partial charge in [0.25, 0.3) is 5.91 Å². The van der Waals surface area contributed by atoms with Crippen molar-refractivity contribution in [3.05, 3.63) is 76.3 Å². The van der Waals surface area contributed by atoms with Gasteiger partial charge in [-0.2, -0.15) is 0 Å². The predicted molar refractivity (Wildman–Crippen MR) is 103 cm³/mol. The fraction of sp³-hybridized carbons (Fsp3) is 0.143. The lowest BCUT2D eigenvalue weighted by Crippen LogP contribution is -2.28. The predicted octanol–water partition coefficient (Wildman–Crippen LogP) is 3.87. The molecule has 2 aromatic carbocycles. The van der Waals surface area contributed by atoms with Crippen molar-refractivity contribution < 1.29 is 9.21 Å². The van der Waals surface area contributed by atoms with E-state index in [1.54, 1.807) is 35.7 Å². The van der Waals surface area contributed by atoms with Crippen molar-refractivity contribution >= 4 is 33.5 Å². The van der Waals surface area contributed by atoms with Gasteiger partial charge in [-0.15, -0.1) is 0 Å². The van der Waals surface area contributed by atoms with Gasteiger partial charge in [0.05, 0.1) is 10.9 Å². The van der Waals surface area contributed by atoms with Crippen molar-refractivity contribution in [2.24, 2.45) is 7.05 Å². The average Bonchev–Trinajstić information content (AvgIpc) is 2.99. The molecule has 0 aliphatic heterocycles. The van der Waals surface area contributed by atoms with Crippen LogP contribution in [0.2, 0.25) is 0 Å². The first-order valence-electron chi connectivity index (χ1n) is 8.34. The van der Waals surface area contributed by atoms with E-state index >= 15 is 0 Å². The molecule has 0 saturated carbocycles. The summed E-state index contributed by atoms with van der Waals surface area (Å²) < 4.78 is 7.16. The molecule has 0 atom stereocenters. The monoisotopic (exact) mass is 346 g/mol. The van der Waals surface area contributed by atoms with Crippen LogP contribution in [-0.4, -0.2) is 17.5 Å². The Kier molecular flexibility index (Phi) is 3.65. The van der Waals surface area contributed by atoms with Crippen molar-refractivity contribution in [3.8, 4) is 0 Å². The summed E-state index contributed by atoms with van der Waals surface area (Å²) in [5.41, 5.74) is 3.06. The normalized spacial score (nSPS) is 11.2. The Labute approximate surface area is 150 Å². The summed E-state index contributed by atoms with van der Waals surface area (Å²) in [5.74, 6) is -0.179. The van der Waals surface area contributed by atoms with E-state index in [2.05, 4.69) is 0 Å². The van der Waals surface area contributed by atoms with E-state index in [0.717, 1.165) is 16.6 Å². The number of anilines is 1. The van der Waals surface area contributed by atoms with Gasteiger partial charge in [-0.05, 0) is 36.8 Å². The van der Waals surface area contributed by atoms with Crippen LogP contribution >= 0.6 is 0 Å². The van der Waals surface area contributed by atoms with E-state index in [1.807, 2.05) is 49.4 Å². The minimum atomic E-state index is -0.438. The van der Waals surface area contributed by atoms with Crippen molar-refractivity contribution in [1.82, 2.24) is 4.57 Å². The van der Waals surface area contributed by atoms with Crippen LogP contribution in [0.4, 0.5) is 5.69 Å². The Balaban J connectivity index is 1.93. The average molecular weight is 346 g/mol. The molecule has 0 aliphatic rings. The van der Waals surface area contributed by atoms with Crippen LogP contribution < -0.4 is 10.5 Å². The molecule has 2 heterocycles. The fourth-order valence-corrected chi connectivity index (χ4v) is 3.42. The maximum atomic E-state index is 13.1. The molecular weight excluding hydrogens is 328 g/mol. The molecule has 5 heteroatoms. The molecule has 130 valence electrons. The maximum absolute atomic E-state index is 13.1. The molecule has 0 fully saturated rings. The first kappa shape index (κ1) is 16.1. The van der Waals surface area contributed by atoms with Gasteiger partial charge in [0.15, 0.2) is 0 Å². The molecule has 4 aromatic rings. The lowest BCUT2D eigenvalue weighted by Gasteiger charge is -2.19. The van der Waals surface area contributed by atoms with Gasteiger partial charge in [0.1, 0.15) is 11.3 Å². The number of aromatic nitrogens is 1. The molecule has 1 amide bonds. The molecule has 2 aromatic heterocycles. The van der Waals surface area contributed by atoms with Gasteiger partial charge in [-0.1, -0.05) is 30.3 Å². The second kappa shape index (κ2) is 5.88. The number of nitrogens with zero attached hydrogens (tertiary/aromatic N) is 2. The van der Waals surface area contributed by atoms with E-state index in [-0.39, 0.29) is 5.91 Å². The van der Waals surface area contributed by atoms with E-state index in [1.165, 1.54) is 0 Å². The minimum absolute atomic E-state index is 0.179. The number of aryl methyl sites for hydroxylation is 2. The smallest absolute Gasteiger partial charge is 0.345 e. The summed E-state index contributed by atoms with van der Waals surface area (Å²) in [6, 6.07) is 16.7. The molecule has 0 saturated heterocycles. The Bertz CT molecular complexity index is 1220. The third-order valence-electron chi connectivity index (χ3n) is 4.80. The molecule has 0 aliphatic carbocycles. The van der Waals surface area contributed by atoms with Crippen LogP contribution in [-0.2, 0) is 7.05 Å². The molecule has 0 N–H and O–H groups in total. The fourth-order valence-electron chi connectivity index (χ4n) is 3.42. The molecule has 4 rings (SSSR count). The highest BCUT2D eigenvalue weighted by Gasteiger charge is 2.22. The highest BCUT2D eigenvalue weighted by atomic mass is 16.4. The van der Waals surface area contributed by atoms with Crippen LogP contribution in [0, 0.1) is 6.92 Å². The van der Waals surface area contributed by atoms with Gasteiger partial charge in [-0.25, -0.2) is 4.79 Å². The Morgan fingerprint density at radius 2 is 1.73 bits per heavy atom. The van der Waals surface area contributed by atoms with Gasteiger partial charge in [-0.3, -0.25) is 4.79 Å². The molecule has 0 unspecified atom stereocenters. The van der Waals surface area contributed by atoms with Gasteiger partial charge >= 0.3 is 5.63 Å². The van der Waals surface area contributed by atoms with E-state index < -0.39 is 5.63 Å². The van der Waals surface area contributed by atoms with E-state index in [0.29, 0.717) is 22.2 Å². The SMILES string of the molecule is Cc1ccccc1N(C)C(=O)c1cc2c(=O)oc3ccccc3c2n1C. The standard InChI is InChI=1S/C21H18N2O3/c1-13-8-4-6-10-16(13)23(3)20(24)17-12-15-19(22(17)2)14-9-5-7-11-18(14)26-21(15)25/h4-12H,1-3H3. The zero-order valence-corrected chi connectivity index (χ0v) is 14.8. The zero-order valence-electron chi connectivity index (χ0n) is 14.8. The molecular formula is C21H18N2O3. The van der Waals surface area contributed by atoms with Crippen LogP contribution in [0.3, 0.4) is 0 Å². The summed E-state index contributed by atoms with van der Waals surface area (Å²) in [6.45, 7) is 1.96. The van der Waals surface area contributed by atoms with Crippen LogP contribution in [0.5, 0.6) is 0 Å². The van der Waals surface area contributed by atoms with Gasteiger partial charge in [0.2, 0.25) is 0 Å². The summed E-state index contributed by atoms with van der Waals surface area (Å²) in [6.07, 6.45) is 0. The number of benzene rings is 2. The van der Waals surface area contributed by atoms with Crippen molar-refractivity contribution in [1.29, 1.82) is 0 Å². The van der Waals surface area contributed by atoms with Crippen molar-refractivity contribution in [2.75, 3.05) is 11.9 Å². The lowest BCUT2D eigenvalue weighted by molar-refractivity contribution is 0.0985. The van der Waals surface area contributed by atoms with E-state index in [4.69, 9.17) is 4.42 Å². The second-order valence-electron chi connectivity index (χ2n) is 6.39. The number of para-hydroxylation sites is 2. The van der Waals surface area contributed by atoms with E-state index in [9.17, 15) is 9.59 Å². The highest BCUT2D eigenvalue weighted by molar-refractivity contribution is 6.11. The van der Waals surface area contributed by atoms with Gasteiger partial charge < -0.3 is 13.9 Å². The second-order valence-corrected chi connectivity index (χ2v) is 6.39. The largest absolute Gasteiger partial charge is 0.422 e. The molecule has 0 spiro atoms. The Hall–Kier alpha value is -3.34. The van der Waals surface area contributed by atoms with Crippen LogP contribution in [0.15, 0.2) is 63.8 Å². The number of carbonyl (C=O) groups excluding carboxylic acids is 1. The number of fused-ring (bicyclic) bond motifs is 3. The number of hydrogen-bond donors (Lipinski definition) is 0. The summed E-state index contributed by atoms with van der Waals surface area (Å²) in [4.78, 5) is 27.1. The highest BCUT2D eigenvalue weighted by Crippen LogP contribution is 2.27. The maximum Gasteiger partial charge on any atom is 0.345 e. The first-order chi connectivity index (χ1) is 12.5. The number of rotatable bonds is 2. The van der Waals surface area contributed by atoms with Crippen LogP contribution in [0.25, 0.3) is 21.9 Å². The van der Waals surface area contributed by atoms with Gasteiger partial charge in [0, 0.05) is 25.2 Å². The first-order valence-corrected chi connectivity index (χ1v) is 8.34. The summed E-state index contributed by atoms with van der Waals surface area (Å²) in [7, 11) is 3.54. The Morgan fingerprint density at radius 3 is 2.50 bits per heavy atom. The van der Waals surface area contributed by atoms with Crippen molar-refractivity contribution in [2.45, 2.75) is 6.92 Å². The minimum Gasteiger partial charge on any atom is -0.422 e. The molecule has 0 radical (unpaired) electrons. The summed E-state index contributed by atoms with van der Waals surface area (Å²) in [5, 5.41) is 1.22. The number of carbonyl (C=O) groups is 1. The molecule has 0 bridgehead atoms. The Morgan fingerprint density at radius 1 is 1.04 bits per heavy atom. The molecule has 26 heavy (non-hydrogen) atoms. The summed E-state index contributed by atoms with van der Waals surface area (Å²) >= 11 is 0. The van der Waals surface area contributed by atoms with Crippen LogP contribution in [0.1, 0.15) is 16.1 Å². The lowest BCUT2D eigenvalue weighted by atomic mass is 10.2. The zero-order chi connectivity index (χ0) is 18.4. The quantitative estimate of drug-likeness (QED) is 0.518. The topological polar surface area (TPSA) is 55.5 Å². The third-order valence-corrected chi connectivity index (χ3v) is 4.80. The third kappa shape index (κ3) is 2.32. The number of amides is 1. The number of hydrogen-bond acceptors (Lipinski definition) is 3. The van der Waals surface area contributed by atoms with Crippen molar-refractivity contribution in [3.63, 3.8) is 0 Å².